The number of nitrogens with zero attached hydrogens (tertiary/aromatic N) is 3. The number of hydrogen-bond acceptors (Lipinski definition) is 4. The summed E-state index contributed by atoms with van der Waals surface area (Å²) in [6, 6.07) is 10.3. The van der Waals surface area contributed by atoms with Crippen molar-refractivity contribution in [3.63, 3.8) is 0 Å². The lowest BCUT2D eigenvalue weighted by Crippen LogP contribution is -2.58. The fraction of sp³-hybridized carbons (Fsp3) is 0.444. The molecule has 2 fully saturated rings. The SMILES string of the molecule is CC1C(CF)CN1C(=O)C1=C(c2ncccn2)OC=C(c2ccc(C3CCCCC3)cc2)C1. The Morgan fingerprint density at radius 2 is 1.85 bits per heavy atom. The third-order valence-electron chi connectivity index (χ3n) is 7.41. The van der Waals surface area contributed by atoms with Gasteiger partial charge in [-0.05, 0) is 48.4 Å². The van der Waals surface area contributed by atoms with Crippen LogP contribution in [0.5, 0.6) is 0 Å². The Bertz CT molecular complexity index is 1060. The molecule has 1 amide bonds. The van der Waals surface area contributed by atoms with Crippen molar-refractivity contribution in [1.82, 2.24) is 14.9 Å². The summed E-state index contributed by atoms with van der Waals surface area (Å²) in [5.41, 5.74) is 3.92. The van der Waals surface area contributed by atoms with Crippen LogP contribution in [0, 0.1) is 5.92 Å². The quantitative estimate of drug-likeness (QED) is 0.606. The predicted octanol–water partition coefficient (Wildman–Crippen LogP) is 5.51. The van der Waals surface area contributed by atoms with E-state index in [4.69, 9.17) is 4.74 Å². The zero-order chi connectivity index (χ0) is 22.8. The first kappa shape index (κ1) is 21.8. The highest BCUT2D eigenvalue weighted by Gasteiger charge is 2.41. The molecule has 5 rings (SSSR count). The molecular weight excluding hydrogens is 417 g/mol. The molecule has 0 N–H and O–H groups in total. The van der Waals surface area contributed by atoms with E-state index in [1.54, 1.807) is 29.6 Å². The summed E-state index contributed by atoms with van der Waals surface area (Å²) in [6.45, 7) is 1.92. The maximum Gasteiger partial charge on any atom is 0.254 e. The largest absolute Gasteiger partial charge is 0.460 e. The Balaban J connectivity index is 1.40. The standard InChI is InChI=1S/C27H30FN3O2/c1-18-23(15-28)16-31(18)27(32)24-14-22(17-33-25(24)26-29-12-5-13-30-26)21-10-8-20(9-11-21)19-6-3-2-4-7-19/h5,8-13,17-19,23H,2-4,6-7,14-16H2,1H3. The van der Waals surface area contributed by atoms with Crippen LogP contribution in [0.3, 0.4) is 0 Å². The number of aromatic nitrogens is 2. The summed E-state index contributed by atoms with van der Waals surface area (Å²) in [6.07, 6.45) is 11.9. The van der Waals surface area contributed by atoms with Gasteiger partial charge in [0, 0.05) is 37.3 Å². The molecule has 1 aromatic carbocycles. The van der Waals surface area contributed by atoms with Gasteiger partial charge in [0.1, 0.15) is 0 Å². The second kappa shape index (κ2) is 9.46. The normalized spacial score (nSPS) is 23.6. The molecule has 2 unspecified atom stereocenters. The van der Waals surface area contributed by atoms with Gasteiger partial charge in [-0.2, -0.15) is 0 Å². The summed E-state index contributed by atoms with van der Waals surface area (Å²) in [5, 5.41) is 0. The molecule has 2 atom stereocenters. The predicted molar refractivity (Wildman–Crippen MR) is 126 cm³/mol. The molecule has 3 heterocycles. The molecule has 1 saturated heterocycles. The summed E-state index contributed by atoms with van der Waals surface area (Å²) in [5.74, 6) is 1.20. The molecular formula is C27H30FN3O2. The van der Waals surface area contributed by atoms with Crippen molar-refractivity contribution in [1.29, 1.82) is 0 Å². The number of rotatable bonds is 5. The van der Waals surface area contributed by atoms with Crippen molar-refractivity contribution in [3.8, 4) is 0 Å². The lowest BCUT2D eigenvalue weighted by atomic mass is 9.83. The third-order valence-corrected chi connectivity index (χ3v) is 7.41. The maximum absolute atomic E-state index is 13.5. The van der Waals surface area contributed by atoms with Gasteiger partial charge in [0.25, 0.3) is 5.91 Å². The number of allylic oxidation sites excluding steroid dienone is 1. The monoisotopic (exact) mass is 447 g/mol. The average molecular weight is 448 g/mol. The molecule has 5 nitrogen and oxygen atoms in total. The minimum atomic E-state index is -0.409. The lowest BCUT2D eigenvalue weighted by Gasteiger charge is -2.45. The topological polar surface area (TPSA) is 55.3 Å². The number of carbonyl (C=O) groups excluding carboxylic acids is 1. The van der Waals surface area contributed by atoms with E-state index in [9.17, 15) is 9.18 Å². The Morgan fingerprint density at radius 1 is 1.12 bits per heavy atom. The van der Waals surface area contributed by atoms with E-state index in [0.717, 1.165) is 11.1 Å². The van der Waals surface area contributed by atoms with Crippen molar-refractivity contribution in [2.24, 2.45) is 5.92 Å². The molecule has 172 valence electrons. The Kier molecular flexibility index (Phi) is 6.25. The van der Waals surface area contributed by atoms with E-state index in [2.05, 4.69) is 34.2 Å². The number of amides is 1. The fourth-order valence-corrected chi connectivity index (χ4v) is 5.17. The molecule has 0 bridgehead atoms. The van der Waals surface area contributed by atoms with Crippen LogP contribution in [0.15, 0.2) is 54.6 Å². The average Bonchev–Trinajstić information content (AvgIpc) is 2.89. The van der Waals surface area contributed by atoms with Crippen LogP contribution in [-0.4, -0.2) is 40.0 Å². The Hall–Kier alpha value is -3.02. The van der Waals surface area contributed by atoms with E-state index >= 15 is 0 Å². The number of ether oxygens (including phenoxy) is 1. The second-order valence-corrected chi connectivity index (χ2v) is 9.39. The van der Waals surface area contributed by atoms with E-state index in [-0.39, 0.29) is 17.9 Å². The third kappa shape index (κ3) is 4.31. The van der Waals surface area contributed by atoms with Gasteiger partial charge < -0.3 is 9.64 Å². The van der Waals surface area contributed by atoms with Crippen LogP contribution >= 0.6 is 0 Å². The number of alkyl halides is 1. The molecule has 33 heavy (non-hydrogen) atoms. The zero-order valence-corrected chi connectivity index (χ0v) is 19.0. The van der Waals surface area contributed by atoms with Gasteiger partial charge in [0.05, 0.1) is 18.5 Å². The first-order chi connectivity index (χ1) is 16.2. The van der Waals surface area contributed by atoms with Gasteiger partial charge in [-0.25, -0.2) is 9.97 Å². The van der Waals surface area contributed by atoms with Crippen LogP contribution in [0.2, 0.25) is 0 Å². The van der Waals surface area contributed by atoms with Gasteiger partial charge >= 0.3 is 0 Å². The smallest absolute Gasteiger partial charge is 0.254 e. The molecule has 1 saturated carbocycles. The molecule has 1 aliphatic carbocycles. The van der Waals surface area contributed by atoms with Crippen LogP contribution in [0.25, 0.3) is 11.3 Å². The summed E-state index contributed by atoms with van der Waals surface area (Å²) in [4.78, 5) is 23.8. The maximum atomic E-state index is 13.5. The van der Waals surface area contributed by atoms with Crippen LogP contribution in [-0.2, 0) is 9.53 Å². The van der Waals surface area contributed by atoms with Crippen LogP contribution in [0.1, 0.15) is 68.3 Å². The van der Waals surface area contributed by atoms with Crippen molar-refractivity contribution in [2.75, 3.05) is 13.2 Å². The minimum Gasteiger partial charge on any atom is -0.460 e. The minimum absolute atomic E-state index is 0.0992. The number of halogens is 1. The fourth-order valence-electron chi connectivity index (χ4n) is 5.17. The van der Waals surface area contributed by atoms with Gasteiger partial charge in [0.2, 0.25) is 0 Å². The molecule has 0 spiro atoms. The van der Waals surface area contributed by atoms with E-state index in [1.165, 1.54) is 37.7 Å². The van der Waals surface area contributed by atoms with E-state index < -0.39 is 6.67 Å². The summed E-state index contributed by atoms with van der Waals surface area (Å²) < 4.78 is 19.1. The van der Waals surface area contributed by atoms with Crippen LogP contribution < -0.4 is 0 Å². The number of hydrogen-bond donors (Lipinski definition) is 0. The molecule has 0 radical (unpaired) electrons. The van der Waals surface area contributed by atoms with Crippen molar-refractivity contribution in [3.05, 3.63) is 71.5 Å². The van der Waals surface area contributed by atoms with Crippen molar-refractivity contribution in [2.45, 2.75) is 57.4 Å². The highest BCUT2D eigenvalue weighted by Crippen LogP contribution is 2.38. The molecule has 3 aliphatic rings. The summed E-state index contributed by atoms with van der Waals surface area (Å²) >= 11 is 0. The number of likely N-dealkylation sites (tertiary alicyclic amines) is 1. The second-order valence-electron chi connectivity index (χ2n) is 9.39. The van der Waals surface area contributed by atoms with Gasteiger partial charge in [-0.3, -0.25) is 9.18 Å². The number of benzene rings is 1. The number of carbonyl (C=O) groups is 1. The molecule has 6 heteroatoms. The molecule has 2 aromatic rings. The highest BCUT2D eigenvalue weighted by molar-refractivity contribution is 6.03. The van der Waals surface area contributed by atoms with Crippen molar-refractivity contribution < 1.29 is 13.9 Å². The van der Waals surface area contributed by atoms with Gasteiger partial charge in [-0.1, -0.05) is 43.5 Å². The Morgan fingerprint density at radius 3 is 2.52 bits per heavy atom. The first-order valence-corrected chi connectivity index (χ1v) is 12.0. The summed E-state index contributed by atoms with van der Waals surface area (Å²) in [7, 11) is 0. The van der Waals surface area contributed by atoms with E-state index in [1.807, 2.05) is 6.92 Å². The lowest BCUT2D eigenvalue weighted by molar-refractivity contribution is -0.139. The van der Waals surface area contributed by atoms with Gasteiger partial charge in [-0.15, -0.1) is 0 Å². The molecule has 2 aliphatic heterocycles. The Labute approximate surface area is 194 Å². The molecule has 1 aromatic heterocycles. The van der Waals surface area contributed by atoms with Gasteiger partial charge in [0.15, 0.2) is 11.6 Å². The van der Waals surface area contributed by atoms with Crippen molar-refractivity contribution >= 4 is 17.2 Å². The first-order valence-electron chi connectivity index (χ1n) is 12.0. The van der Waals surface area contributed by atoms with E-state index in [0.29, 0.717) is 36.0 Å². The van der Waals surface area contributed by atoms with Crippen LogP contribution in [0.4, 0.5) is 4.39 Å². The zero-order valence-electron chi connectivity index (χ0n) is 19.0. The highest BCUT2D eigenvalue weighted by atomic mass is 19.1.